The van der Waals surface area contributed by atoms with Gasteiger partial charge in [0.05, 0.1) is 16.6 Å². The molecule has 0 saturated heterocycles. The molecule has 0 saturated carbocycles. The van der Waals surface area contributed by atoms with Gasteiger partial charge in [0.2, 0.25) is 0 Å². The molecule has 0 unspecified atom stereocenters. The van der Waals surface area contributed by atoms with E-state index >= 15 is 0 Å². The Balaban J connectivity index is 2.07. The van der Waals surface area contributed by atoms with Crippen LogP contribution in [0.2, 0.25) is 0 Å². The Morgan fingerprint density at radius 2 is 1.46 bits per heavy atom. The minimum absolute atomic E-state index is 0.0603. The number of carbonyl (C=O) groups is 2. The van der Waals surface area contributed by atoms with Crippen LogP contribution >= 0.6 is 15.9 Å². The van der Waals surface area contributed by atoms with Crippen molar-refractivity contribution in [1.29, 1.82) is 0 Å². The first-order valence-corrected chi connectivity index (χ1v) is 8.56. The van der Waals surface area contributed by atoms with Crippen molar-refractivity contribution in [3.63, 3.8) is 0 Å². The second-order valence-electron chi connectivity index (χ2n) is 5.89. The van der Waals surface area contributed by atoms with Crippen LogP contribution in [0.15, 0.2) is 59.1 Å². The number of H-pyrrole nitrogens is 1. The Bertz CT molecular complexity index is 1170. The number of fused-ring (bicyclic) bond motifs is 3. The van der Waals surface area contributed by atoms with Gasteiger partial charge in [0, 0.05) is 26.3 Å². The number of aromatic nitrogens is 1. The van der Waals surface area contributed by atoms with E-state index in [1.807, 2.05) is 42.5 Å². The number of hydrogen-bond acceptors (Lipinski definition) is 2. The Morgan fingerprint density at radius 1 is 0.846 bits per heavy atom. The second-order valence-corrected chi connectivity index (χ2v) is 6.69. The molecule has 0 amide bonds. The number of rotatable bonds is 3. The van der Waals surface area contributed by atoms with E-state index in [4.69, 9.17) is 0 Å². The predicted octanol–water partition coefficient (Wildman–Crippen LogP) is 5.15. The van der Waals surface area contributed by atoms with Crippen LogP contribution in [0.25, 0.3) is 32.9 Å². The number of para-hydroxylation sites is 2. The van der Waals surface area contributed by atoms with E-state index in [2.05, 4.69) is 20.9 Å². The second kappa shape index (κ2) is 6.00. The molecule has 0 aliphatic heterocycles. The van der Waals surface area contributed by atoms with Crippen LogP contribution in [-0.4, -0.2) is 27.1 Å². The largest absolute Gasteiger partial charge is 0.478 e. The zero-order valence-corrected chi connectivity index (χ0v) is 14.9. The first-order chi connectivity index (χ1) is 12.5. The average molecular weight is 410 g/mol. The fourth-order valence-electron chi connectivity index (χ4n) is 3.20. The Labute approximate surface area is 156 Å². The number of carboxylic acid groups (broad SMARTS) is 2. The topological polar surface area (TPSA) is 90.4 Å². The molecule has 5 nitrogen and oxygen atoms in total. The average Bonchev–Trinajstić information content (AvgIpc) is 3.00. The summed E-state index contributed by atoms with van der Waals surface area (Å²) in [5.74, 6) is -2.38. The van der Waals surface area contributed by atoms with Crippen LogP contribution in [0.3, 0.4) is 0 Å². The number of hydrogen-bond donors (Lipinski definition) is 3. The van der Waals surface area contributed by atoms with Crippen molar-refractivity contribution in [3.8, 4) is 11.1 Å². The number of carboxylic acids is 2. The highest BCUT2D eigenvalue weighted by molar-refractivity contribution is 9.10. The fraction of sp³-hybridized carbons (Fsp3) is 0. The zero-order valence-electron chi connectivity index (χ0n) is 13.3. The molecule has 26 heavy (non-hydrogen) atoms. The molecule has 3 N–H and O–H groups in total. The van der Waals surface area contributed by atoms with E-state index in [1.165, 1.54) is 12.1 Å². The third-order valence-corrected chi connectivity index (χ3v) is 5.24. The quantitative estimate of drug-likeness (QED) is 0.436. The van der Waals surface area contributed by atoms with Crippen LogP contribution in [0.5, 0.6) is 0 Å². The summed E-state index contributed by atoms with van der Waals surface area (Å²) < 4.78 is 0.0603. The molecule has 1 aromatic heterocycles. The Kier molecular flexibility index (Phi) is 3.77. The van der Waals surface area contributed by atoms with E-state index in [0.29, 0.717) is 5.56 Å². The van der Waals surface area contributed by atoms with Crippen molar-refractivity contribution >= 4 is 49.7 Å². The maximum Gasteiger partial charge on any atom is 0.336 e. The first kappa shape index (κ1) is 16.4. The molecule has 1 heterocycles. The lowest BCUT2D eigenvalue weighted by Gasteiger charge is -2.10. The van der Waals surface area contributed by atoms with Gasteiger partial charge in [0.15, 0.2) is 0 Å². The molecule has 0 radical (unpaired) electrons. The summed E-state index contributed by atoms with van der Waals surface area (Å²) in [5.41, 5.74) is 2.89. The van der Waals surface area contributed by atoms with Gasteiger partial charge in [-0.25, -0.2) is 9.59 Å². The van der Waals surface area contributed by atoms with Crippen molar-refractivity contribution < 1.29 is 19.8 Å². The normalized spacial score (nSPS) is 11.1. The van der Waals surface area contributed by atoms with Crippen molar-refractivity contribution in [2.45, 2.75) is 0 Å². The Morgan fingerprint density at radius 3 is 2.12 bits per heavy atom. The van der Waals surface area contributed by atoms with Crippen molar-refractivity contribution in [3.05, 3.63) is 70.2 Å². The van der Waals surface area contributed by atoms with E-state index in [9.17, 15) is 19.8 Å². The lowest BCUT2D eigenvalue weighted by Crippen LogP contribution is -2.05. The molecule has 0 spiro atoms. The van der Waals surface area contributed by atoms with Gasteiger partial charge in [-0.3, -0.25) is 0 Å². The number of benzene rings is 3. The highest BCUT2D eigenvalue weighted by atomic mass is 79.9. The van der Waals surface area contributed by atoms with Gasteiger partial charge >= 0.3 is 11.9 Å². The van der Waals surface area contributed by atoms with E-state index in [-0.39, 0.29) is 15.6 Å². The van der Waals surface area contributed by atoms with E-state index < -0.39 is 11.9 Å². The first-order valence-electron chi connectivity index (χ1n) is 7.77. The fourth-order valence-corrected chi connectivity index (χ4v) is 3.77. The summed E-state index contributed by atoms with van der Waals surface area (Å²) >= 11 is 3.10. The highest BCUT2D eigenvalue weighted by Gasteiger charge is 2.20. The van der Waals surface area contributed by atoms with Gasteiger partial charge in [-0.05, 0) is 39.7 Å². The summed E-state index contributed by atoms with van der Waals surface area (Å²) in [4.78, 5) is 26.5. The number of halogens is 1. The molecule has 6 heteroatoms. The number of aromatic amines is 1. The predicted molar refractivity (Wildman–Crippen MR) is 103 cm³/mol. The van der Waals surface area contributed by atoms with E-state index in [0.717, 1.165) is 27.4 Å². The lowest BCUT2D eigenvalue weighted by atomic mass is 9.97. The molecule has 128 valence electrons. The van der Waals surface area contributed by atoms with Gasteiger partial charge in [-0.15, -0.1) is 0 Å². The molecular formula is C20H12BrNO4. The van der Waals surface area contributed by atoms with Crippen LogP contribution in [0, 0.1) is 0 Å². The van der Waals surface area contributed by atoms with E-state index in [1.54, 1.807) is 0 Å². The minimum Gasteiger partial charge on any atom is -0.478 e. The highest BCUT2D eigenvalue weighted by Crippen LogP contribution is 2.36. The molecule has 0 fully saturated rings. The van der Waals surface area contributed by atoms with Gasteiger partial charge in [0.1, 0.15) is 0 Å². The molecular weight excluding hydrogens is 398 g/mol. The summed E-state index contributed by atoms with van der Waals surface area (Å²) in [6.07, 6.45) is 0. The third kappa shape index (κ3) is 2.46. The summed E-state index contributed by atoms with van der Waals surface area (Å²) in [7, 11) is 0. The number of aromatic carboxylic acids is 2. The third-order valence-electron chi connectivity index (χ3n) is 4.39. The molecule has 4 rings (SSSR count). The van der Waals surface area contributed by atoms with Crippen molar-refractivity contribution in [1.82, 2.24) is 4.98 Å². The molecule has 3 aromatic carbocycles. The molecule has 4 aromatic rings. The SMILES string of the molecule is O=C(O)c1cc(-c2cccc3c2[nH]c2ccccc23)cc(C(=O)O)c1Br. The van der Waals surface area contributed by atoms with Crippen LogP contribution in [0.4, 0.5) is 0 Å². The van der Waals surface area contributed by atoms with Crippen LogP contribution in [-0.2, 0) is 0 Å². The smallest absolute Gasteiger partial charge is 0.336 e. The standard InChI is InChI=1S/C20H12BrNO4/c21-17-14(19(23)24)8-10(9-15(17)20(25)26)11-5-3-6-13-12-4-1-2-7-16(12)22-18(11)13/h1-9,22H,(H,23,24)(H,25,26). The molecule has 0 aliphatic carbocycles. The summed E-state index contributed by atoms with van der Waals surface area (Å²) in [6.45, 7) is 0. The summed E-state index contributed by atoms with van der Waals surface area (Å²) in [6, 6.07) is 16.5. The number of nitrogens with one attached hydrogen (secondary N) is 1. The van der Waals surface area contributed by atoms with Crippen molar-refractivity contribution in [2.75, 3.05) is 0 Å². The molecule has 0 atom stereocenters. The molecule has 0 aliphatic rings. The van der Waals surface area contributed by atoms with Crippen LogP contribution < -0.4 is 0 Å². The van der Waals surface area contributed by atoms with Crippen molar-refractivity contribution in [2.24, 2.45) is 0 Å². The van der Waals surface area contributed by atoms with Gasteiger partial charge in [-0.1, -0.05) is 36.4 Å². The molecule has 0 bridgehead atoms. The maximum absolute atomic E-state index is 11.6. The Hall–Kier alpha value is -3.12. The monoisotopic (exact) mass is 409 g/mol. The van der Waals surface area contributed by atoms with Gasteiger partial charge in [-0.2, -0.15) is 0 Å². The minimum atomic E-state index is -1.19. The van der Waals surface area contributed by atoms with Crippen LogP contribution in [0.1, 0.15) is 20.7 Å². The lowest BCUT2D eigenvalue weighted by molar-refractivity contribution is 0.0696. The van der Waals surface area contributed by atoms with Gasteiger partial charge in [0.25, 0.3) is 0 Å². The zero-order chi connectivity index (χ0) is 18.4. The maximum atomic E-state index is 11.6. The summed E-state index contributed by atoms with van der Waals surface area (Å²) in [5, 5.41) is 20.9. The van der Waals surface area contributed by atoms with Gasteiger partial charge < -0.3 is 15.2 Å².